The summed E-state index contributed by atoms with van der Waals surface area (Å²) < 4.78 is 0. The van der Waals surface area contributed by atoms with Crippen LogP contribution < -0.4 is 5.73 Å². The fraction of sp³-hybridized carbons (Fsp3) is 0.882. The number of hydrogen-bond acceptors (Lipinski definition) is 2. The Labute approximate surface area is 134 Å². The highest BCUT2D eigenvalue weighted by Gasteiger charge is 2.44. The molecule has 1 amide bonds. The number of piperidine rings is 1. The lowest BCUT2D eigenvalue weighted by Crippen LogP contribution is -2.53. The van der Waals surface area contributed by atoms with Crippen molar-refractivity contribution in [1.29, 1.82) is 0 Å². The number of amides is 1. The Morgan fingerprint density at radius 2 is 1.62 bits per heavy atom. The molecule has 0 atom stereocenters. The van der Waals surface area contributed by atoms with Gasteiger partial charge in [-0.1, -0.05) is 45.3 Å². The second-order valence-corrected chi connectivity index (χ2v) is 7.45. The second-order valence-electron chi connectivity index (χ2n) is 7.01. The van der Waals surface area contributed by atoms with Gasteiger partial charge in [0.25, 0.3) is 0 Å². The molecule has 2 aliphatic rings. The van der Waals surface area contributed by atoms with Crippen LogP contribution in [-0.4, -0.2) is 28.9 Å². The molecule has 1 saturated heterocycles. The van der Waals surface area contributed by atoms with Crippen LogP contribution in [0.2, 0.25) is 0 Å². The zero-order valence-electron chi connectivity index (χ0n) is 13.6. The molecule has 2 rings (SSSR count). The monoisotopic (exact) mass is 310 g/mol. The van der Waals surface area contributed by atoms with Gasteiger partial charge in [-0.25, -0.2) is 0 Å². The second kappa shape index (κ2) is 6.64. The van der Waals surface area contributed by atoms with Crippen LogP contribution in [-0.2, 0) is 4.79 Å². The molecule has 2 fully saturated rings. The summed E-state index contributed by atoms with van der Waals surface area (Å²) in [6.45, 7) is 5.83. The normalized spacial score (nSPS) is 22.3. The lowest BCUT2D eigenvalue weighted by molar-refractivity contribution is -0.141. The van der Waals surface area contributed by atoms with Crippen molar-refractivity contribution in [1.82, 2.24) is 4.90 Å². The van der Waals surface area contributed by atoms with E-state index in [2.05, 4.69) is 0 Å². The highest BCUT2D eigenvalue weighted by atomic mass is 32.1. The number of thiocarbonyl (C=S) groups is 1. The van der Waals surface area contributed by atoms with E-state index in [4.69, 9.17) is 18.0 Å². The molecule has 1 heterocycles. The van der Waals surface area contributed by atoms with E-state index in [1.54, 1.807) is 0 Å². The topological polar surface area (TPSA) is 46.3 Å². The molecular formula is C17H30N2OS. The molecule has 0 aromatic heterocycles. The largest absolute Gasteiger partial charge is 0.392 e. The van der Waals surface area contributed by atoms with Crippen LogP contribution in [0.15, 0.2) is 0 Å². The molecule has 1 saturated carbocycles. The van der Waals surface area contributed by atoms with Crippen molar-refractivity contribution in [2.75, 3.05) is 13.1 Å². The van der Waals surface area contributed by atoms with E-state index in [-0.39, 0.29) is 5.91 Å². The Kier molecular flexibility index (Phi) is 5.29. The predicted molar refractivity (Wildman–Crippen MR) is 91.1 cm³/mol. The maximum atomic E-state index is 13.0. The lowest BCUT2D eigenvalue weighted by Gasteiger charge is -2.46. The summed E-state index contributed by atoms with van der Waals surface area (Å²) >= 11 is 5.22. The highest BCUT2D eigenvalue weighted by molar-refractivity contribution is 7.80. The molecule has 120 valence electrons. The standard InChI is InChI=1S/C17H30N2OS/c1-3-17(4-2,14(18)21)15(20)19-12-10-16(11-13-19)8-6-5-7-9-16/h3-13H2,1-2H3,(H2,18,21). The Bertz CT molecular complexity index is 388. The Morgan fingerprint density at radius 1 is 1.10 bits per heavy atom. The Morgan fingerprint density at radius 3 is 2.05 bits per heavy atom. The first kappa shape index (κ1) is 16.7. The van der Waals surface area contributed by atoms with Crippen molar-refractivity contribution in [3.05, 3.63) is 0 Å². The molecule has 1 aliphatic carbocycles. The first-order valence-corrected chi connectivity index (χ1v) is 9.00. The van der Waals surface area contributed by atoms with Crippen LogP contribution in [0, 0.1) is 10.8 Å². The van der Waals surface area contributed by atoms with Gasteiger partial charge < -0.3 is 10.6 Å². The van der Waals surface area contributed by atoms with E-state index in [1.807, 2.05) is 18.7 Å². The van der Waals surface area contributed by atoms with E-state index in [9.17, 15) is 4.79 Å². The molecular weight excluding hydrogens is 280 g/mol. The maximum Gasteiger partial charge on any atom is 0.235 e. The van der Waals surface area contributed by atoms with Crippen LogP contribution in [0.4, 0.5) is 0 Å². The summed E-state index contributed by atoms with van der Waals surface area (Å²) in [5, 5.41) is 0. The molecule has 1 aliphatic heterocycles. The summed E-state index contributed by atoms with van der Waals surface area (Å²) in [4.78, 5) is 15.4. The highest BCUT2D eigenvalue weighted by Crippen LogP contribution is 2.45. The third-order valence-corrected chi connectivity index (χ3v) is 6.50. The average Bonchev–Trinajstić information content (AvgIpc) is 2.50. The molecule has 1 spiro atoms. The quantitative estimate of drug-likeness (QED) is 0.806. The van der Waals surface area contributed by atoms with Gasteiger partial charge in [-0.3, -0.25) is 4.79 Å². The van der Waals surface area contributed by atoms with Gasteiger partial charge in [-0.05, 0) is 43.9 Å². The van der Waals surface area contributed by atoms with Gasteiger partial charge in [0, 0.05) is 13.1 Å². The third kappa shape index (κ3) is 3.10. The smallest absolute Gasteiger partial charge is 0.235 e. The van der Waals surface area contributed by atoms with Gasteiger partial charge in [0.05, 0.1) is 10.4 Å². The van der Waals surface area contributed by atoms with E-state index in [0.717, 1.165) is 13.1 Å². The van der Waals surface area contributed by atoms with Crippen LogP contribution >= 0.6 is 12.2 Å². The van der Waals surface area contributed by atoms with Gasteiger partial charge in [0.1, 0.15) is 0 Å². The molecule has 0 radical (unpaired) electrons. The van der Waals surface area contributed by atoms with Gasteiger partial charge >= 0.3 is 0 Å². The number of nitrogens with two attached hydrogens (primary N) is 1. The SMILES string of the molecule is CCC(CC)(C(=O)N1CCC2(CCCCC2)CC1)C(N)=S. The summed E-state index contributed by atoms with van der Waals surface area (Å²) in [6, 6.07) is 0. The van der Waals surface area contributed by atoms with Gasteiger partial charge in [0.15, 0.2) is 0 Å². The minimum Gasteiger partial charge on any atom is -0.392 e. The number of hydrogen-bond donors (Lipinski definition) is 1. The lowest BCUT2D eigenvalue weighted by atomic mass is 9.68. The van der Waals surface area contributed by atoms with Crippen molar-refractivity contribution in [3.63, 3.8) is 0 Å². The van der Waals surface area contributed by atoms with Crippen molar-refractivity contribution in [2.24, 2.45) is 16.6 Å². The third-order valence-electron chi connectivity index (χ3n) is 6.11. The fourth-order valence-electron chi connectivity index (χ4n) is 4.29. The van der Waals surface area contributed by atoms with Crippen molar-refractivity contribution in [2.45, 2.75) is 71.6 Å². The molecule has 0 aromatic carbocycles. The fourth-order valence-corrected chi connectivity index (χ4v) is 4.67. The van der Waals surface area contributed by atoms with Crippen LogP contribution in [0.1, 0.15) is 71.6 Å². The maximum absolute atomic E-state index is 13.0. The molecule has 4 heteroatoms. The van der Waals surface area contributed by atoms with Crippen LogP contribution in [0.25, 0.3) is 0 Å². The number of carbonyl (C=O) groups is 1. The van der Waals surface area contributed by atoms with Gasteiger partial charge in [0.2, 0.25) is 5.91 Å². The molecule has 3 nitrogen and oxygen atoms in total. The minimum absolute atomic E-state index is 0.172. The summed E-state index contributed by atoms with van der Waals surface area (Å²) in [7, 11) is 0. The Balaban J connectivity index is 2.03. The molecule has 0 unspecified atom stereocenters. The van der Waals surface area contributed by atoms with Crippen molar-refractivity contribution < 1.29 is 4.79 Å². The average molecular weight is 311 g/mol. The minimum atomic E-state index is -0.619. The molecule has 2 N–H and O–H groups in total. The number of rotatable bonds is 4. The van der Waals surface area contributed by atoms with Crippen molar-refractivity contribution in [3.8, 4) is 0 Å². The first-order valence-electron chi connectivity index (χ1n) is 8.59. The van der Waals surface area contributed by atoms with Crippen LogP contribution in [0.5, 0.6) is 0 Å². The zero-order valence-corrected chi connectivity index (χ0v) is 14.4. The number of nitrogens with zero attached hydrogens (tertiary/aromatic N) is 1. The predicted octanol–water partition coefficient (Wildman–Crippen LogP) is 3.65. The Hall–Kier alpha value is -0.640. The van der Waals surface area contributed by atoms with E-state index < -0.39 is 5.41 Å². The summed E-state index contributed by atoms with van der Waals surface area (Å²) in [5.41, 5.74) is 5.83. The molecule has 21 heavy (non-hydrogen) atoms. The summed E-state index contributed by atoms with van der Waals surface area (Å²) in [6.07, 6.45) is 10.6. The van der Waals surface area contributed by atoms with E-state index in [0.29, 0.717) is 23.2 Å². The zero-order chi connectivity index (χ0) is 15.5. The van der Waals surface area contributed by atoms with E-state index in [1.165, 1.54) is 44.9 Å². The first-order chi connectivity index (χ1) is 9.99. The summed E-state index contributed by atoms with van der Waals surface area (Å²) in [5.74, 6) is 0.172. The van der Waals surface area contributed by atoms with Crippen LogP contribution in [0.3, 0.4) is 0 Å². The van der Waals surface area contributed by atoms with Gasteiger partial charge in [-0.2, -0.15) is 0 Å². The number of carbonyl (C=O) groups excluding carboxylic acids is 1. The van der Waals surface area contributed by atoms with E-state index >= 15 is 0 Å². The number of likely N-dealkylation sites (tertiary alicyclic amines) is 1. The molecule has 0 bridgehead atoms. The molecule has 0 aromatic rings. The van der Waals surface area contributed by atoms with Crippen molar-refractivity contribution >= 4 is 23.1 Å². The van der Waals surface area contributed by atoms with Gasteiger partial charge in [-0.15, -0.1) is 0 Å².